The molecule has 3 N–H and O–H groups in total. The van der Waals surface area contributed by atoms with Crippen LogP contribution >= 0.6 is 12.2 Å². The largest absolute Gasteiger partial charge is 0.443 e. The van der Waals surface area contributed by atoms with Crippen molar-refractivity contribution in [2.45, 2.75) is 44.7 Å². The molecule has 0 aliphatic rings. The van der Waals surface area contributed by atoms with Crippen LogP contribution in [0.5, 0.6) is 0 Å². The second-order valence-electron chi connectivity index (χ2n) is 9.45. The van der Waals surface area contributed by atoms with Crippen molar-refractivity contribution in [3.63, 3.8) is 0 Å². The minimum Gasteiger partial charge on any atom is -0.443 e. The summed E-state index contributed by atoms with van der Waals surface area (Å²) in [5.41, 5.74) is -1.91. The molecule has 1 aromatic heterocycles. The second kappa shape index (κ2) is 11.5. The summed E-state index contributed by atoms with van der Waals surface area (Å²) in [7, 11) is 0. The number of nitrogens with one attached hydrogen (secondary N) is 2. The number of halogens is 5. The SMILES string of the molecule is CC(C)(C)OC(=O)NN(C[C@](O)(Cn1cncn1)c1ccc(F)cc1F)C(=S)Nc1ccc(C(F)(F)F)cc1. The predicted octanol–water partition coefficient (Wildman–Crippen LogP) is 4.60. The zero-order chi connectivity index (χ0) is 29.0. The average Bonchev–Trinajstić information content (AvgIpc) is 3.29. The molecular formula is C24H25F5N6O3S. The summed E-state index contributed by atoms with van der Waals surface area (Å²) in [6.45, 7) is 3.76. The number of carbonyl (C=O) groups excluding carboxylic acids is 1. The lowest BCUT2D eigenvalue weighted by atomic mass is 9.92. The number of thiocarbonyl (C=S) groups is 1. The first-order valence-electron chi connectivity index (χ1n) is 11.3. The van der Waals surface area contributed by atoms with Crippen LogP contribution in [0.3, 0.4) is 0 Å². The smallest absolute Gasteiger partial charge is 0.426 e. The number of aromatic nitrogens is 3. The van der Waals surface area contributed by atoms with Crippen LogP contribution in [0.15, 0.2) is 55.1 Å². The summed E-state index contributed by atoms with van der Waals surface area (Å²) in [5.74, 6) is -1.97. The van der Waals surface area contributed by atoms with E-state index in [-0.39, 0.29) is 16.4 Å². The maximum Gasteiger partial charge on any atom is 0.426 e. The molecule has 9 nitrogen and oxygen atoms in total. The van der Waals surface area contributed by atoms with Gasteiger partial charge in [0, 0.05) is 17.3 Å². The number of hydrogen-bond donors (Lipinski definition) is 3. The van der Waals surface area contributed by atoms with Gasteiger partial charge in [0.1, 0.15) is 35.5 Å². The van der Waals surface area contributed by atoms with Crippen molar-refractivity contribution in [2.24, 2.45) is 0 Å². The third-order valence-corrected chi connectivity index (χ3v) is 5.40. The summed E-state index contributed by atoms with van der Waals surface area (Å²) in [6.07, 6.45) is -3.13. The van der Waals surface area contributed by atoms with Gasteiger partial charge in [-0.3, -0.25) is 5.01 Å². The third kappa shape index (κ3) is 8.32. The van der Waals surface area contributed by atoms with Crippen molar-refractivity contribution in [2.75, 3.05) is 11.9 Å². The molecule has 210 valence electrons. The van der Waals surface area contributed by atoms with Gasteiger partial charge in [-0.15, -0.1) is 0 Å². The number of aliphatic hydroxyl groups is 1. The maximum atomic E-state index is 14.9. The molecule has 1 atom stereocenters. The van der Waals surface area contributed by atoms with E-state index in [0.29, 0.717) is 6.07 Å². The van der Waals surface area contributed by atoms with E-state index < -0.39 is 53.8 Å². The number of alkyl halides is 3. The zero-order valence-corrected chi connectivity index (χ0v) is 21.8. The molecule has 0 saturated carbocycles. The molecule has 0 aliphatic heterocycles. The van der Waals surface area contributed by atoms with Crippen molar-refractivity contribution < 1.29 is 36.6 Å². The van der Waals surface area contributed by atoms with Crippen LogP contribution in [0.4, 0.5) is 32.4 Å². The number of carbonyl (C=O) groups is 1. The first kappa shape index (κ1) is 29.7. The van der Waals surface area contributed by atoms with Crippen molar-refractivity contribution in [3.05, 3.63) is 77.9 Å². The number of ether oxygens (including phenoxy) is 1. The molecule has 3 rings (SSSR count). The van der Waals surface area contributed by atoms with Crippen molar-refractivity contribution in [1.29, 1.82) is 0 Å². The van der Waals surface area contributed by atoms with Gasteiger partial charge in [0.05, 0.1) is 18.7 Å². The van der Waals surface area contributed by atoms with Crippen LogP contribution in [0, 0.1) is 11.6 Å². The number of benzene rings is 2. The predicted molar refractivity (Wildman–Crippen MR) is 134 cm³/mol. The van der Waals surface area contributed by atoms with Gasteiger partial charge in [-0.25, -0.2) is 28.7 Å². The van der Waals surface area contributed by atoms with E-state index in [1.807, 2.05) is 0 Å². The molecule has 39 heavy (non-hydrogen) atoms. The number of hydrazine groups is 1. The molecule has 0 fully saturated rings. The van der Waals surface area contributed by atoms with Crippen LogP contribution in [0.2, 0.25) is 0 Å². The van der Waals surface area contributed by atoms with Crippen molar-refractivity contribution in [3.8, 4) is 0 Å². The molecule has 15 heteroatoms. The molecule has 0 saturated heterocycles. The van der Waals surface area contributed by atoms with Crippen LogP contribution < -0.4 is 10.7 Å². The van der Waals surface area contributed by atoms with Gasteiger partial charge in [-0.05, 0) is 63.3 Å². The topological polar surface area (TPSA) is 105 Å². The summed E-state index contributed by atoms with van der Waals surface area (Å²) in [6, 6.07) is 6.42. The Kier molecular flexibility index (Phi) is 8.75. The molecule has 1 amide bonds. The molecule has 0 unspecified atom stereocenters. The lowest BCUT2D eigenvalue weighted by Gasteiger charge is -2.36. The fraction of sp³-hybridized carbons (Fsp3) is 0.333. The van der Waals surface area contributed by atoms with E-state index in [1.54, 1.807) is 20.8 Å². The minimum absolute atomic E-state index is 0.122. The highest BCUT2D eigenvalue weighted by Crippen LogP contribution is 2.30. The van der Waals surface area contributed by atoms with Crippen LogP contribution in [0.25, 0.3) is 0 Å². The Morgan fingerprint density at radius 3 is 2.33 bits per heavy atom. The Morgan fingerprint density at radius 2 is 1.79 bits per heavy atom. The van der Waals surface area contributed by atoms with E-state index in [0.717, 1.165) is 41.4 Å². The highest BCUT2D eigenvalue weighted by Gasteiger charge is 2.38. The van der Waals surface area contributed by atoms with Crippen molar-refractivity contribution in [1.82, 2.24) is 25.2 Å². The first-order valence-corrected chi connectivity index (χ1v) is 11.7. The monoisotopic (exact) mass is 572 g/mol. The van der Waals surface area contributed by atoms with Gasteiger partial charge in [-0.2, -0.15) is 18.3 Å². The summed E-state index contributed by atoms with van der Waals surface area (Å²) in [5, 5.41) is 18.9. The highest BCUT2D eigenvalue weighted by molar-refractivity contribution is 7.80. The number of hydrogen-bond acceptors (Lipinski definition) is 6. The van der Waals surface area contributed by atoms with E-state index in [9.17, 15) is 31.9 Å². The second-order valence-corrected chi connectivity index (χ2v) is 9.84. The van der Waals surface area contributed by atoms with Crippen LogP contribution in [-0.4, -0.2) is 48.2 Å². The summed E-state index contributed by atoms with van der Waals surface area (Å²) < 4.78 is 73.8. The fourth-order valence-electron chi connectivity index (χ4n) is 3.44. The number of rotatable bonds is 6. The van der Waals surface area contributed by atoms with Gasteiger partial charge in [-0.1, -0.05) is 6.07 Å². The molecule has 3 aromatic rings. The Bertz CT molecular complexity index is 1300. The van der Waals surface area contributed by atoms with Crippen LogP contribution in [-0.2, 0) is 23.1 Å². The van der Waals surface area contributed by atoms with E-state index in [4.69, 9.17) is 17.0 Å². The molecule has 0 aliphatic carbocycles. The Morgan fingerprint density at radius 1 is 1.13 bits per heavy atom. The quantitative estimate of drug-likeness (QED) is 0.224. The molecule has 0 radical (unpaired) electrons. The first-order chi connectivity index (χ1) is 18.1. The Balaban J connectivity index is 1.96. The molecule has 0 bridgehead atoms. The summed E-state index contributed by atoms with van der Waals surface area (Å²) in [4.78, 5) is 16.4. The zero-order valence-electron chi connectivity index (χ0n) is 21.0. The van der Waals surface area contributed by atoms with E-state index >= 15 is 0 Å². The molecular weight excluding hydrogens is 547 g/mol. The van der Waals surface area contributed by atoms with E-state index in [2.05, 4.69) is 20.8 Å². The van der Waals surface area contributed by atoms with Gasteiger partial charge in [0.2, 0.25) is 0 Å². The molecule has 0 spiro atoms. The number of amides is 1. The lowest BCUT2D eigenvalue weighted by molar-refractivity contribution is -0.137. The molecule has 2 aromatic carbocycles. The summed E-state index contributed by atoms with van der Waals surface area (Å²) >= 11 is 5.37. The number of anilines is 1. The number of nitrogens with zero attached hydrogens (tertiary/aromatic N) is 4. The van der Waals surface area contributed by atoms with Gasteiger partial charge >= 0.3 is 12.3 Å². The molecule has 1 heterocycles. The van der Waals surface area contributed by atoms with Crippen LogP contribution in [0.1, 0.15) is 31.9 Å². The Hall–Kier alpha value is -3.85. The third-order valence-electron chi connectivity index (χ3n) is 5.08. The normalized spacial score (nSPS) is 13.4. The van der Waals surface area contributed by atoms with Gasteiger partial charge in [0.25, 0.3) is 0 Å². The highest BCUT2D eigenvalue weighted by atomic mass is 32.1. The van der Waals surface area contributed by atoms with Gasteiger partial charge in [0.15, 0.2) is 5.11 Å². The fourth-order valence-corrected chi connectivity index (χ4v) is 3.67. The van der Waals surface area contributed by atoms with Gasteiger partial charge < -0.3 is 15.2 Å². The lowest BCUT2D eigenvalue weighted by Crippen LogP contribution is -2.56. The van der Waals surface area contributed by atoms with E-state index in [1.165, 1.54) is 17.3 Å². The van der Waals surface area contributed by atoms with Crippen molar-refractivity contribution >= 4 is 29.1 Å². The average molecular weight is 573 g/mol. The minimum atomic E-state index is -4.56. The Labute approximate surface area is 225 Å². The maximum absolute atomic E-state index is 14.9. The standard InChI is InChI=1S/C24H25F5N6O3S/c1-22(2,3)38-21(36)33-35(20(39)32-17-7-4-15(5-8-17)24(27,28)29)12-23(37,11-34-14-30-13-31-34)18-9-6-16(25)10-19(18)26/h4-10,13-14,37H,11-12H2,1-3H3,(H,32,39)(H,33,36)/t23-/m1/s1.